The van der Waals surface area contributed by atoms with Crippen LogP contribution < -0.4 is 5.73 Å². The van der Waals surface area contributed by atoms with Crippen molar-refractivity contribution in [3.8, 4) is 0 Å². The van der Waals surface area contributed by atoms with Gasteiger partial charge in [-0.15, -0.1) is 12.4 Å². The first-order chi connectivity index (χ1) is 9.78. The average molecular weight is 350 g/mol. The summed E-state index contributed by atoms with van der Waals surface area (Å²) in [6, 6.07) is 3.17. The summed E-state index contributed by atoms with van der Waals surface area (Å²) >= 11 is 0. The van der Waals surface area contributed by atoms with Gasteiger partial charge in [0, 0.05) is 18.7 Å². The lowest BCUT2D eigenvalue weighted by atomic mass is 10.1. The van der Waals surface area contributed by atoms with Gasteiger partial charge in [0.1, 0.15) is 0 Å². The van der Waals surface area contributed by atoms with E-state index in [4.69, 9.17) is 5.73 Å². The number of nitrogens with zero attached hydrogens (tertiary/aromatic N) is 2. The van der Waals surface area contributed by atoms with Crippen molar-refractivity contribution in [1.82, 2.24) is 4.31 Å². The van der Waals surface area contributed by atoms with Gasteiger partial charge in [0.05, 0.1) is 4.92 Å². The van der Waals surface area contributed by atoms with Crippen LogP contribution in [0.5, 0.6) is 0 Å². The third-order valence-corrected chi connectivity index (χ3v) is 5.94. The van der Waals surface area contributed by atoms with Gasteiger partial charge in [0.15, 0.2) is 4.90 Å². The van der Waals surface area contributed by atoms with Gasteiger partial charge in [-0.2, -0.15) is 4.31 Å². The third-order valence-electron chi connectivity index (χ3n) is 3.89. The standard InChI is InChI=1S/C13H19N3O4S.ClH/c1-9-3-4-10(2)13(12(9)16(17)18)21(19,20)15-6-5-11(7-14)8-15;/h3-4,11H,5-8,14H2,1-2H3;1H. The van der Waals surface area contributed by atoms with E-state index < -0.39 is 14.9 Å². The second kappa shape index (κ2) is 6.91. The molecule has 1 fully saturated rings. The number of sulfonamides is 1. The van der Waals surface area contributed by atoms with Crippen LogP contribution in [-0.2, 0) is 10.0 Å². The molecule has 2 rings (SSSR count). The predicted octanol–water partition coefficient (Wildman–Crippen LogP) is 1.60. The molecule has 124 valence electrons. The number of hydrogen-bond acceptors (Lipinski definition) is 5. The largest absolute Gasteiger partial charge is 0.330 e. The molecule has 1 unspecified atom stereocenters. The lowest BCUT2D eigenvalue weighted by Gasteiger charge is -2.18. The van der Waals surface area contributed by atoms with Crippen molar-refractivity contribution < 1.29 is 13.3 Å². The quantitative estimate of drug-likeness (QED) is 0.656. The number of nitro benzene ring substituents is 1. The lowest BCUT2D eigenvalue weighted by Crippen LogP contribution is -2.31. The number of rotatable bonds is 4. The maximum absolute atomic E-state index is 12.8. The molecule has 0 aromatic heterocycles. The zero-order valence-electron chi connectivity index (χ0n) is 12.5. The first-order valence-electron chi connectivity index (χ1n) is 6.73. The van der Waals surface area contributed by atoms with Crippen LogP contribution >= 0.6 is 12.4 Å². The minimum atomic E-state index is -3.87. The molecule has 9 heteroatoms. The molecule has 0 spiro atoms. The van der Waals surface area contributed by atoms with Crippen molar-refractivity contribution in [3.63, 3.8) is 0 Å². The molecule has 1 aliphatic heterocycles. The number of aryl methyl sites for hydroxylation is 2. The Labute approximate surface area is 136 Å². The summed E-state index contributed by atoms with van der Waals surface area (Å²) in [4.78, 5) is 10.5. The van der Waals surface area contributed by atoms with E-state index in [1.807, 2.05) is 0 Å². The minimum Gasteiger partial charge on any atom is -0.330 e. The van der Waals surface area contributed by atoms with Gasteiger partial charge in [-0.25, -0.2) is 8.42 Å². The second-order valence-electron chi connectivity index (χ2n) is 5.39. The summed E-state index contributed by atoms with van der Waals surface area (Å²) < 4.78 is 26.9. The SMILES string of the molecule is Cc1ccc(C)c(S(=O)(=O)N2CCC(CN)C2)c1[N+](=O)[O-].Cl. The molecule has 1 heterocycles. The molecular formula is C13H20ClN3O4S. The van der Waals surface area contributed by atoms with Crippen LogP contribution in [0.1, 0.15) is 17.5 Å². The van der Waals surface area contributed by atoms with Gasteiger partial charge in [-0.3, -0.25) is 10.1 Å². The van der Waals surface area contributed by atoms with Crippen LogP contribution in [-0.4, -0.2) is 37.3 Å². The van der Waals surface area contributed by atoms with Crippen molar-refractivity contribution in [2.45, 2.75) is 25.2 Å². The molecule has 1 aliphatic rings. The molecule has 0 radical (unpaired) electrons. The molecular weight excluding hydrogens is 330 g/mol. The maximum atomic E-state index is 12.8. The Hall–Kier alpha value is -1.22. The van der Waals surface area contributed by atoms with Crippen molar-refractivity contribution in [2.75, 3.05) is 19.6 Å². The number of halogens is 1. The van der Waals surface area contributed by atoms with E-state index in [1.165, 1.54) is 4.31 Å². The van der Waals surface area contributed by atoms with Crippen LogP contribution in [0.25, 0.3) is 0 Å². The number of benzene rings is 1. The minimum absolute atomic E-state index is 0. The van der Waals surface area contributed by atoms with Gasteiger partial charge in [-0.1, -0.05) is 12.1 Å². The Morgan fingerprint density at radius 1 is 1.36 bits per heavy atom. The molecule has 22 heavy (non-hydrogen) atoms. The lowest BCUT2D eigenvalue weighted by molar-refractivity contribution is -0.388. The first kappa shape index (κ1) is 18.8. The van der Waals surface area contributed by atoms with Crippen LogP contribution in [0, 0.1) is 29.9 Å². The summed E-state index contributed by atoms with van der Waals surface area (Å²) in [7, 11) is -3.87. The van der Waals surface area contributed by atoms with E-state index in [1.54, 1.807) is 26.0 Å². The first-order valence-corrected chi connectivity index (χ1v) is 8.17. The predicted molar refractivity (Wildman–Crippen MR) is 85.7 cm³/mol. The van der Waals surface area contributed by atoms with Gasteiger partial charge >= 0.3 is 0 Å². The van der Waals surface area contributed by atoms with Crippen LogP contribution in [0.4, 0.5) is 5.69 Å². The van der Waals surface area contributed by atoms with Crippen molar-refractivity contribution in [2.24, 2.45) is 11.7 Å². The summed E-state index contributed by atoms with van der Waals surface area (Å²) in [5.74, 6) is 0.115. The highest BCUT2D eigenvalue weighted by Crippen LogP contribution is 2.34. The van der Waals surface area contributed by atoms with Crippen molar-refractivity contribution in [1.29, 1.82) is 0 Å². The summed E-state index contributed by atoms with van der Waals surface area (Å²) in [6.07, 6.45) is 0.689. The monoisotopic (exact) mass is 349 g/mol. The van der Waals surface area contributed by atoms with Crippen LogP contribution in [0.15, 0.2) is 17.0 Å². The Morgan fingerprint density at radius 2 is 1.95 bits per heavy atom. The zero-order valence-corrected chi connectivity index (χ0v) is 14.1. The maximum Gasteiger partial charge on any atom is 0.292 e. The van der Waals surface area contributed by atoms with Crippen LogP contribution in [0.2, 0.25) is 0 Å². The fraction of sp³-hybridized carbons (Fsp3) is 0.538. The third kappa shape index (κ3) is 3.24. The molecule has 0 aliphatic carbocycles. The van der Waals surface area contributed by atoms with E-state index in [-0.39, 0.29) is 28.9 Å². The zero-order chi connectivity index (χ0) is 15.8. The summed E-state index contributed by atoms with van der Waals surface area (Å²) in [5.41, 5.74) is 5.99. The Kier molecular flexibility index (Phi) is 5.91. The average Bonchev–Trinajstić information content (AvgIpc) is 2.90. The Bertz CT molecular complexity index is 678. The number of nitrogens with two attached hydrogens (primary N) is 1. The van der Waals surface area contributed by atoms with E-state index >= 15 is 0 Å². The van der Waals surface area contributed by atoms with E-state index in [0.717, 1.165) is 0 Å². The van der Waals surface area contributed by atoms with E-state index in [0.29, 0.717) is 37.2 Å². The molecule has 1 aromatic rings. The van der Waals surface area contributed by atoms with E-state index in [9.17, 15) is 18.5 Å². The fourth-order valence-electron chi connectivity index (χ4n) is 2.66. The number of hydrogen-bond donors (Lipinski definition) is 1. The number of nitro groups is 1. The van der Waals surface area contributed by atoms with Gasteiger partial charge in [-0.05, 0) is 38.3 Å². The smallest absolute Gasteiger partial charge is 0.292 e. The molecule has 0 bridgehead atoms. The van der Waals surface area contributed by atoms with Gasteiger partial charge < -0.3 is 5.73 Å². The normalized spacial score (nSPS) is 19.0. The molecule has 7 nitrogen and oxygen atoms in total. The second-order valence-corrected chi connectivity index (χ2v) is 7.26. The van der Waals surface area contributed by atoms with Crippen molar-refractivity contribution in [3.05, 3.63) is 33.4 Å². The Morgan fingerprint density at radius 3 is 2.45 bits per heavy atom. The summed E-state index contributed by atoms with van der Waals surface area (Å²) in [5, 5.41) is 11.3. The van der Waals surface area contributed by atoms with Gasteiger partial charge in [0.2, 0.25) is 10.0 Å². The van der Waals surface area contributed by atoms with E-state index in [2.05, 4.69) is 0 Å². The highest BCUT2D eigenvalue weighted by atomic mass is 35.5. The van der Waals surface area contributed by atoms with Crippen molar-refractivity contribution >= 4 is 28.1 Å². The highest BCUT2D eigenvalue weighted by Gasteiger charge is 2.38. The summed E-state index contributed by atoms with van der Waals surface area (Å²) in [6.45, 7) is 4.22. The molecule has 0 amide bonds. The molecule has 2 N–H and O–H groups in total. The van der Waals surface area contributed by atoms with Gasteiger partial charge in [0.25, 0.3) is 5.69 Å². The molecule has 1 aromatic carbocycles. The Balaban J connectivity index is 0.00000242. The fourth-order valence-corrected chi connectivity index (χ4v) is 4.63. The molecule has 1 atom stereocenters. The highest BCUT2D eigenvalue weighted by molar-refractivity contribution is 7.89. The van der Waals surface area contributed by atoms with Crippen LogP contribution in [0.3, 0.4) is 0 Å². The molecule has 0 saturated carbocycles. The molecule has 1 saturated heterocycles. The topological polar surface area (TPSA) is 107 Å².